The molecule has 1 rings (SSSR count). The monoisotopic (exact) mass is 229 g/mol. The van der Waals surface area contributed by atoms with E-state index in [1.807, 2.05) is 26.0 Å². The second kappa shape index (κ2) is 5.35. The number of aliphatic hydroxyl groups is 1. The maximum absolute atomic E-state index is 9.28. The van der Waals surface area contributed by atoms with Crippen LogP contribution in [0.2, 0.25) is 5.02 Å². The van der Waals surface area contributed by atoms with Gasteiger partial charge >= 0.3 is 0 Å². The molecule has 1 unspecified atom stereocenters. The summed E-state index contributed by atoms with van der Waals surface area (Å²) in [6.45, 7) is 4.25. The Morgan fingerprint density at radius 3 is 2.40 bits per heavy atom. The van der Waals surface area contributed by atoms with Gasteiger partial charge < -0.3 is 15.6 Å². The van der Waals surface area contributed by atoms with Gasteiger partial charge in [-0.15, -0.1) is 0 Å². The van der Waals surface area contributed by atoms with E-state index >= 15 is 0 Å². The molecular formula is C11H16ClNO2. The topological polar surface area (TPSA) is 55.5 Å². The summed E-state index contributed by atoms with van der Waals surface area (Å²) in [5.74, 6) is 0.770. The van der Waals surface area contributed by atoms with Crippen molar-refractivity contribution in [1.82, 2.24) is 0 Å². The first kappa shape index (κ1) is 12.3. The van der Waals surface area contributed by atoms with Gasteiger partial charge in [0, 0.05) is 11.6 Å². The molecule has 4 heteroatoms. The van der Waals surface area contributed by atoms with Crippen LogP contribution in [-0.2, 0) is 0 Å². The molecule has 1 atom stereocenters. The average Bonchev–Trinajstić information content (AvgIpc) is 2.15. The van der Waals surface area contributed by atoms with E-state index in [0.29, 0.717) is 5.02 Å². The normalized spacial score (nSPS) is 12.6. The van der Waals surface area contributed by atoms with Crippen molar-refractivity contribution in [3.05, 3.63) is 28.3 Å². The minimum absolute atomic E-state index is 0.200. The van der Waals surface area contributed by atoms with Crippen molar-refractivity contribution in [3.63, 3.8) is 0 Å². The molecule has 0 aliphatic rings. The van der Waals surface area contributed by atoms with Gasteiger partial charge in [0.2, 0.25) is 0 Å². The summed E-state index contributed by atoms with van der Waals surface area (Å²) in [4.78, 5) is 0. The zero-order valence-electron chi connectivity index (χ0n) is 8.96. The molecule has 0 heterocycles. The number of halogens is 1. The SMILES string of the molecule is Cc1cc(Cl)cc(C)c1OCC(O)CN. The van der Waals surface area contributed by atoms with Crippen molar-refractivity contribution < 1.29 is 9.84 Å². The van der Waals surface area contributed by atoms with Crippen LogP contribution >= 0.6 is 11.6 Å². The number of aryl methyl sites for hydroxylation is 2. The van der Waals surface area contributed by atoms with E-state index in [-0.39, 0.29) is 13.2 Å². The van der Waals surface area contributed by atoms with E-state index in [9.17, 15) is 5.11 Å². The van der Waals surface area contributed by atoms with Gasteiger partial charge in [0.05, 0.1) is 0 Å². The summed E-state index contributed by atoms with van der Waals surface area (Å²) < 4.78 is 5.49. The molecule has 15 heavy (non-hydrogen) atoms. The highest BCUT2D eigenvalue weighted by atomic mass is 35.5. The van der Waals surface area contributed by atoms with Crippen LogP contribution < -0.4 is 10.5 Å². The standard InChI is InChI=1S/C11H16ClNO2/c1-7-3-9(12)4-8(2)11(7)15-6-10(14)5-13/h3-4,10,14H,5-6,13H2,1-2H3. The fourth-order valence-corrected chi connectivity index (χ4v) is 1.70. The van der Waals surface area contributed by atoms with E-state index < -0.39 is 6.10 Å². The lowest BCUT2D eigenvalue weighted by Gasteiger charge is -2.14. The Balaban J connectivity index is 2.77. The molecule has 1 aromatic rings. The smallest absolute Gasteiger partial charge is 0.125 e. The Bertz CT molecular complexity index is 318. The Hall–Kier alpha value is -0.770. The molecular weight excluding hydrogens is 214 g/mol. The number of rotatable bonds is 4. The third kappa shape index (κ3) is 3.38. The maximum atomic E-state index is 9.28. The summed E-state index contributed by atoms with van der Waals surface area (Å²) in [6, 6.07) is 3.66. The van der Waals surface area contributed by atoms with Crippen LogP contribution in [0.15, 0.2) is 12.1 Å². The van der Waals surface area contributed by atoms with Crippen molar-refractivity contribution in [2.75, 3.05) is 13.2 Å². The Morgan fingerprint density at radius 1 is 1.40 bits per heavy atom. The zero-order valence-corrected chi connectivity index (χ0v) is 9.71. The molecule has 0 bridgehead atoms. The second-order valence-electron chi connectivity index (χ2n) is 3.57. The van der Waals surface area contributed by atoms with Gasteiger partial charge in [-0.05, 0) is 37.1 Å². The first-order valence-electron chi connectivity index (χ1n) is 4.82. The molecule has 0 amide bonds. The number of hydrogen-bond acceptors (Lipinski definition) is 3. The van der Waals surface area contributed by atoms with Crippen LogP contribution in [0.1, 0.15) is 11.1 Å². The third-order valence-electron chi connectivity index (χ3n) is 2.12. The highest BCUT2D eigenvalue weighted by molar-refractivity contribution is 6.30. The Morgan fingerprint density at radius 2 is 1.93 bits per heavy atom. The van der Waals surface area contributed by atoms with Crippen LogP contribution in [0.3, 0.4) is 0 Å². The summed E-state index contributed by atoms with van der Waals surface area (Å²) in [5, 5.41) is 9.97. The zero-order chi connectivity index (χ0) is 11.4. The van der Waals surface area contributed by atoms with Crippen molar-refractivity contribution >= 4 is 11.6 Å². The minimum Gasteiger partial charge on any atom is -0.490 e. The highest BCUT2D eigenvalue weighted by Crippen LogP contribution is 2.26. The van der Waals surface area contributed by atoms with Crippen molar-refractivity contribution in [3.8, 4) is 5.75 Å². The molecule has 0 radical (unpaired) electrons. The molecule has 0 saturated carbocycles. The van der Waals surface area contributed by atoms with E-state index in [4.69, 9.17) is 22.1 Å². The van der Waals surface area contributed by atoms with Crippen LogP contribution in [0, 0.1) is 13.8 Å². The van der Waals surface area contributed by atoms with Gasteiger partial charge in [-0.25, -0.2) is 0 Å². The molecule has 0 aliphatic carbocycles. The molecule has 84 valence electrons. The van der Waals surface area contributed by atoms with E-state index in [0.717, 1.165) is 16.9 Å². The molecule has 0 saturated heterocycles. The summed E-state index contributed by atoms with van der Waals surface area (Å²) in [5.41, 5.74) is 7.21. The average molecular weight is 230 g/mol. The third-order valence-corrected chi connectivity index (χ3v) is 2.34. The van der Waals surface area contributed by atoms with Crippen molar-refractivity contribution in [2.45, 2.75) is 20.0 Å². The van der Waals surface area contributed by atoms with Crippen molar-refractivity contribution in [1.29, 1.82) is 0 Å². The number of ether oxygens (including phenoxy) is 1. The number of nitrogens with two attached hydrogens (primary N) is 1. The molecule has 0 aliphatic heterocycles. The van der Waals surface area contributed by atoms with Gasteiger partial charge in [0.15, 0.2) is 0 Å². The van der Waals surface area contributed by atoms with Gasteiger partial charge in [-0.1, -0.05) is 11.6 Å². The van der Waals surface area contributed by atoms with Crippen LogP contribution in [0.4, 0.5) is 0 Å². The lowest BCUT2D eigenvalue weighted by atomic mass is 10.1. The number of benzene rings is 1. The maximum Gasteiger partial charge on any atom is 0.125 e. The number of hydrogen-bond donors (Lipinski definition) is 2. The van der Waals surface area contributed by atoms with Crippen LogP contribution in [0.5, 0.6) is 5.75 Å². The summed E-state index contributed by atoms with van der Waals surface area (Å²) in [7, 11) is 0. The molecule has 0 spiro atoms. The lowest BCUT2D eigenvalue weighted by molar-refractivity contribution is 0.113. The summed E-state index contributed by atoms with van der Waals surface area (Å²) >= 11 is 5.89. The van der Waals surface area contributed by atoms with Gasteiger partial charge in [-0.2, -0.15) is 0 Å². The second-order valence-corrected chi connectivity index (χ2v) is 4.01. The first-order chi connectivity index (χ1) is 7.04. The molecule has 3 N–H and O–H groups in total. The predicted molar refractivity (Wildman–Crippen MR) is 61.5 cm³/mol. The van der Waals surface area contributed by atoms with E-state index in [1.54, 1.807) is 0 Å². The molecule has 0 aromatic heterocycles. The van der Waals surface area contributed by atoms with Gasteiger partial charge in [-0.3, -0.25) is 0 Å². The minimum atomic E-state index is -0.625. The predicted octanol–water partition coefficient (Wildman–Crippen LogP) is 1.66. The number of aliphatic hydroxyl groups excluding tert-OH is 1. The Kier molecular flexibility index (Phi) is 4.39. The summed E-state index contributed by atoms with van der Waals surface area (Å²) in [6.07, 6.45) is -0.625. The quantitative estimate of drug-likeness (QED) is 0.826. The highest BCUT2D eigenvalue weighted by Gasteiger charge is 2.08. The Labute approximate surface area is 94.8 Å². The van der Waals surface area contributed by atoms with Gasteiger partial charge in [0.1, 0.15) is 18.5 Å². The van der Waals surface area contributed by atoms with Crippen molar-refractivity contribution in [2.24, 2.45) is 5.73 Å². The lowest BCUT2D eigenvalue weighted by Crippen LogP contribution is -2.26. The fourth-order valence-electron chi connectivity index (χ4n) is 1.37. The molecule has 1 aromatic carbocycles. The van der Waals surface area contributed by atoms with Gasteiger partial charge in [0.25, 0.3) is 0 Å². The molecule has 3 nitrogen and oxygen atoms in total. The first-order valence-corrected chi connectivity index (χ1v) is 5.20. The van der Waals surface area contributed by atoms with E-state index in [2.05, 4.69) is 0 Å². The van der Waals surface area contributed by atoms with Crippen LogP contribution in [0.25, 0.3) is 0 Å². The molecule has 0 fully saturated rings. The van der Waals surface area contributed by atoms with E-state index in [1.165, 1.54) is 0 Å². The largest absolute Gasteiger partial charge is 0.490 e. The van der Waals surface area contributed by atoms with Crippen LogP contribution in [-0.4, -0.2) is 24.4 Å². The fraction of sp³-hybridized carbons (Fsp3) is 0.455.